The summed E-state index contributed by atoms with van der Waals surface area (Å²) in [5.74, 6) is 0.776. The summed E-state index contributed by atoms with van der Waals surface area (Å²) in [6.45, 7) is 6.12. The fourth-order valence-electron chi connectivity index (χ4n) is 4.94. The SMILES string of the molecule is c1cc(OC2CCN(C3CCC3)CC2)ncc1N1CCC2(CC1)CNCO2. The number of aromatic nitrogens is 1. The first-order valence-corrected chi connectivity index (χ1v) is 10.8. The van der Waals surface area contributed by atoms with Crippen LogP contribution in [-0.2, 0) is 4.74 Å². The van der Waals surface area contributed by atoms with Crippen LogP contribution < -0.4 is 15.0 Å². The minimum absolute atomic E-state index is 0.0708. The van der Waals surface area contributed by atoms with E-state index < -0.39 is 0 Å². The van der Waals surface area contributed by atoms with Crippen molar-refractivity contribution in [1.82, 2.24) is 15.2 Å². The Kier molecular flexibility index (Phi) is 4.96. The number of anilines is 1. The van der Waals surface area contributed by atoms with E-state index in [4.69, 9.17) is 9.47 Å². The molecule has 4 heterocycles. The number of piperidine rings is 2. The first kappa shape index (κ1) is 17.7. The highest BCUT2D eigenvalue weighted by Crippen LogP contribution is 2.31. The number of nitrogens with zero attached hydrogens (tertiary/aromatic N) is 3. The van der Waals surface area contributed by atoms with Crippen molar-refractivity contribution in [2.45, 2.75) is 62.7 Å². The zero-order valence-electron chi connectivity index (χ0n) is 16.2. The van der Waals surface area contributed by atoms with Gasteiger partial charge in [0.15, 0.2) is 0 Å². The molecular formula is C21H32N4O2. The minimum atomic E-state index is 0.0708. The lowest BCUT2D eigenvalue weighted by Gasteiger charge is -2.41. The molecule has 4 aliphatic rings. The minimum Gasteiger partial charge on any atom is -0.474 e. The zero-order valence-corrected chi connectivity index (χ0v) is 16.2. The van der Waals surface area contributed by atoms with E-state index in [1.807, 2.05) is 12.3 Å². The van der Waals surface area contributed by atoms with Gasteiger partial charge in [0.2, 0.25) is 5.88 Å². The van der Waals surface area contributed by atoms with Crippen molar-refractivity contribution in [1.29, 1.82) is 0 Å². The van der Waals surface area contributed by atoms with Crippen molar-refractivity contribution in [2.75, 3.05) is 44.4 Å². The van der Waals surface area contributed by atoms with Gasteiger partial charge < -0.3 is 19.3 Å². The van der Waals surface area contributed by atoms with Crippen molar-refractivity contribution < 1.29 is 9.47 Å². The first-order chi connectivity index (χ1) is 13.3. The van der Waals surface area contributed by atoms with Crippen LogP contribution in [-0.4, -0.2) is 67.1 Å². The van der Waals surface area contributed by atoms with E-state index in [1.165, 1.54) is 38.0 Å². The van der Waals surface area contributed by atoms with Crippen molar-refractivity contribution >= 4 is 5.69 Å². The molecule has 27 heavy (non-hydrogen) atoms. The van der Waals surface area contributed by atoms with Gasteiger partial charge in [0.05, 0.1) is 24.2 Å². The molecule has 0 aromatic carbocycles. The van der Waals surface area contributed by atoms with Crippen LogP contribution in [0.3, 0.4) is 0 Å². The van der Waals surface area contributed by atoms with Gasteiger partial charge in [0.25, 0.3) is 0 Å². The Morgan fingerprint density at radius 3 is 2.48 bits per heavy atom. The number of hydrogen-bond donors (Lipinski definition) is 1. The lowest BCUT2D eigenvalue weighted by molar-refractivity contribution is -0.00757. The zero-order chi connectivity index (χ0) is 18.1. The predicted molar refractivity (Wildman–Crippen MR) is 105 cm³/mol. The predicted octanol–water partition coefficient (Wildman–Crippen LogP) is 2.39. The monoisotopic (exact) mass is 372 g/mol. The largest absolute Gasteiger partial charge is 0.474 e. The maximum Gasteiger partial charge on any atom is 0.213 e. The molecule has 1 spiro atoms. The summed E-state index contributed by atoms with van der Waals surface area (Å²) in [5.41, 5.74) is 1.27. The summed E-state index contributed by atoms with van der Waals surface area (Å²) in [6.07, 6.45) is 10.9. The van der Waals surface area contributed by atoms with Gasteiger partial charge in [-0.1, -0.05) is 6.42 Å². The topological polar surface area (TPSA) is 49.9 Å². The number of rotatable bonds is 4. The van der Waals surface area contributed by atoms with Crippen LogP contribution in [0.15, 0.2) is 18.3 Å². The van der Waals surface area contributed by atoms with Gasteiger partial charge in [0.1, 0.15) is 6.10 Å². The molecule has 6 nitrogen and oxygen atoms in total. The molecule has 1 saturated carbocycles. The van der Waals surface area contributed by atoms with Crippen LogP contribution in [0.25, 0.3) is 0 Å². The molecule has 0 bridgehead atoms. The number of pyridine rings is 1. The van der Waals surface area contributed by atoms with Gasteiger partial charge in [0, 0.05) is 44.8 Å². The summed E-state index contributed by atoms with van der Waals surface area (Å²) < 4.78 is 12.1. The van der Waals surface area contributed by atoms with Crippen molar-refractivity contribution in [3.05, 3.63) is 18.3 Å². The number of likely N-dealkylation sites (tertiary alicyclic amines) is 1. The van der Waals surface area contributed by atoms with E-state index in [9.17, 15) is 0 Å². The van der Waals surface area contributed by atoms with Crippen LogP contribution in [0.4, 0.5) is 5.69 Å². The quantitative estimate of drug-likeness (QED) is 0.876. The van der Waals surface area contributed by atoms with Crippen LogP contribution in [0.2, 0.25) is 0 Å². The Bertz CT molecular complexity index is 610. The molecule has 3 saturated heterocycles. The van der Waals surface area contributed by atoms with E-state index in [0.717, 1.165) is 57.2 Å². The van der Waals surface area contributed by atoms with Crippen molar-refractivity contribution in [3.8, 4) is 5.88 Å². The molecule has 5 rings (SSSR count). The molecule has 4 fully saturated rings. The molecule has 1 aromatic heterocycles. The lowest BCUT2D eigenvalue weighted by atomic mass is 9.90. The molecule has 6 heteroatoms. The average Bonchev–Trinajstić information content (AvgIpc) is 3.11. The van der Waals surface area contributed by atoms with Gasteiger partial charge in [-0.3, -0.25) is 5.32 Å². The summed E-state index contributed by atoms with van der Waals surface area (Å²) in [5, 5.41) is 3.33. The molecule has 0 amide bonds. The Labute approximate surface area is 162 Å². The third-order valence-electron chi connectivity index (χ3n) is 7.04. The number of hydrogen-bond acceptors (Lipinski definition) is 6. The van der Waals surface area contributed by atoms with E-state index in [2.05, 4.69) is 26.2 Å². The maximum absolute atomic E-state index is 6.17. The Morgan fingerprint density at radius 2 is 1.89 bits per heavy atom. The molecule has 148 valence electrons. The second kappa shape index (κ2) is 7.57. The van der Waals surface area contributed by atoms with Crippen LogP contribution in [0, 0.1) is 0 Å². The van der Waals surface area contributed by atoms with Gasteiger partial charge in [-0.05, 0) is 44.6 Å². The van der Waals surface area contributed by atoms with Gasteiger partial charge in [-0.25, -0.2) is 4.98 Å². The van der Waals surface area contributed by atoms with Crippen LogP contribution in [0.5, 0.6) is 5.88 Å². The first-order valence-electron chi connectivity index (χ1n) is 10.8. The number of nitrogens with one attached hydrogen (secondary N) is 1. The summed E-state index contributed by atoms with van der Waals surface area (Å²) >= 11 is 0. The van der Waals surface area contributed by atoms with E-state index in [0.29, 0.717) is 12.8 Å². The summed E-state index contributed by atoms with van der Waals surface area (Å²) in [6, 6.07) is 5.07. The van der Waals surface area contributed by atoms with E-state index >= 15 is 0 Å². The molecule has 1 N–H and O–H groups in total. The molecule has 0 atom stereocenters. The highest BCUT2D eigenvalue weighted by molar-refractivity contribution is 5.46. The van der Waals surface area contributed by atoms with Crippen molar-refractivity contribution in [2.24, 2.45) is 0 Å². The highest BCUT2D eigenvalue weighted by atomic mass is 16.5. The molecule has 0 radical (unpaired) electrons. The molecule has 0 unspecified atom stereocenters. The average molecular weight is 373 g/mol. The normalized spacial score (nSPS) is 27.0. The maximum atomic E-state index is 6.17. The fraction of sp³-hybridized carbons (Fsp3) is 0.762. The van der Waals surface area contributed by atoms with Gasteiger partial charge >= 0.3 is 0 Å². The standard InChI is InChI=1S/C21H32N4O2/c1-2-17(3-1)24-10-6-19(7-11-24)27-20-5-4-18(14-23-20)25-12-8-21(9-13-25)15-22-16-26-21/h4-5,14,17,19,22H,1-3,6-13,15-16H2. The Hall–Kier alpha value is -1.37. The third kappa shape index (κ3) is 3.80. The van der Waals surface area contributed by atoms with Crippen molar-refractivity contribution in [3.63, 3.8) is 0 Å². The third-order valence-corrected chi connectivity index (χ3v) is 7.04. The van der Waals surface area contributed by atoms with Gasteiger partial charge in [-0.15, -0.1) is 0 Å². The second-order valence-corrected chi connectivity index (χ2v) is 8.68. The van der Waals surface area contributed by atoms with Gasteiger partial charge in [-0.2, -0.15) is 0 Å². The highest BCUT2D eigenvalue weighted by Gasteiger charge is 2.38. The molecule has 1 aliphatic carbocycles. The molecular weight excluding hydrogens is 340 g/mol. The number of ether oxygens (including phenoxy) is 2. The second-order valence-electron chi connectivity index (χ2n) is 8.68. The van der Waals surface area contributed by atoms with E-state index in [-0.39, 0.29) is 5.60 Å². The Morgan fingerprint density at radius 1 is 1.07 bits per heavy atom. The smallest absolute Gasteiger partial charge is 0.213 e. The van der Waals surface area contributed by atoms with Crippen LogP contribution >= 0.6 is 0 Å². The summed E-state index contributed by atoms with van der Waals surface area (Å²) in [4.78, 5) is 9.67. The van der Waals surface area contributed by atoms with Crippen LogP contribution in [0.1, 0.15) is 44.9 Å². The lowest BCUT2D eigenvalue weighted by Crippen LogP contribution is -2.47. The fourth-order valence-corrected chi connectivity index (χ4v) is 4.94. The van der Waals surface area contributed by atoms with E-state index in [1.54, 1.807) is 0 Å². The summed E-state index contributed by atoms with van der Waals surface area (Å²) in [7, 11) is 0. The molecule has 3 aliphatic heterocycles. The Balaban J connectivity index is 1.11. The molecule has 1 aromatic rings.